The number of nitrogens with one attached hydrogen (secondary N) is 1. The Morgan fingerprint density at radius 2 is 1.79 bits per heavy atom. The van der Waals surface area contributed by atoms with E-state index in [0.29, 0.717) is 6.61 Å². The molecule has 29 heavy (non-hydrogen) atoms. The van der Waals surface area contributed by atoms with Gasteiger partial charge in [-0.05, 0) is 55.3 Å². The lowest BCUT2D eigenvalue weighted by Crippen LogP contribution is -2.17. The third kappa shape index (κ3) is 6.56. The van der Waals surface area contributed by atoms with E-state index in [4.69, 9.17) is 8.92 Å². The van der Waals surface area contributed by atoms with Crippen molar-refractivity contribution in [3.05, 3.63) is 53.6 Å². The molecule has 0 aromatic heterocycles. The Hall–Kier alpha value is -1.89. The number of unbranched alkanes of at least 4 members (excludes halogenated alkanes) is 3. The number of fused-ring (bicyclic) bond motifs is 1. The van der Waals surface area contributed by atoms with Crippen molar-refractivity contribution < 1.29 is 13.1 Å². The zero-order valence-electron chi connectivity index (χ0n) is 17.5. The van der Waals surface area contributed by atoms with E-state index in [2.05, 4.69) is 35.6 Å². The molecule has 0 spiro atoms. The van der Waals surface area contributed by atoms with Crippen LogP contribution in [0, 0.1) is 0 Å². The van der Waals surface area contributed by atoms with Crippen molar-refractivity contribution in [2.45, 2.75) is 59.0 Å². The summed E-state index contributed by atoms with van der Waals surface area (Å²) >= 11 is -1.52. The fourth-order valence-corrected chi connectivity index (χ4v) is 4.08. The molecule has 158 valence electrons. The summed E-state index contributed by atoms with van der Waals surface area (Å²) < 4.78 is 26.2. The maximum Gasteiger partial charge on any atom is 0.261 e. The van der Waals surface area contributed by atoms with E-state index >= 15 is 0 Å². The normalized spacial score (nSPS) is 14.6. The smallest absolute Gasteiger partial charge is 0.261 e. The van der Waals surface area contributed by atoms with E-state index in [-0.39, 0.29) is 0 Å². The first-order chi connectivity index (χ1) is 14.2. The van der Waals surface area contributed by atoms with Crippen molar-refractivity contribution >= 4 is 17.0 Å². The Kier molecular flexibility index (Phi) is 8.52. The molecule has 6 heteroatoms. The Balaban J connectivity index is 1.55. The van der Waals surface area contributed by atoms with Gasteiger partial charge in [-0.1, -0.05) is 45.2 Å². The predicted molar refractivity (Wildman–Crippen MR) is 119 cm³/mol. The Morgan fingerprint density at radius 1 is 1.00 bits per heavy atom. The van der Waals surface area contributed by atoms with Crippen LogP contribution in [0.25, 0.3) is 0 Å². The molecule has 1 N–H and O–H groups in total. The summed E-state index contributed by atoms with van der Waals surface area (Å²) in [6.45, 7) is 7.93. The van der Waals surface area contributed by atoms with Gasteiger partial charge in [0, 0.05) is 24.3 Å². The van der Waals surface area contributed by atoms with Gasteiger partial charge in [-0.15, -0.1) is 0 Å². The molecule has 1 atom stereocenters. The van der Waals surface area contributed by atoms with E-state index in [1.54, 1.807) is 0 Å². The maximum absolute atomic E-state index is 11.9. The molecular formula is C23H32N2O3S. The predicted octanol–water partition coefficient (Wildman–Crippen LogP) is 5.79. The van der Waals surface area contributed by atoms with Crippen LogP contribution in [-0.4, -0.2) is 22.3 Å². The first-order valence-electron chi connectivity index (χ1n) is 10.6. The minimum atomic E-state index is -1.52. The van der Waals surface area contributed by atoms with Crippen molar-refractivity contribution in [3.63, 3.8) is 0 Å². The van der Waals surface area contributed by atoms with Crippen molar-refractivity contribution in [3.8, 4) is 11.5 Å². The molecule has 1 unspecified atom stereocenters. The molecule has 0 amide bonds. The van der Waals surface area contributed by atoms with Crippen LogP contribution in [0.1, 0.15) is 57.1 Å². The van der Waals surface area contributed by atoms with Gasteiger partial charge in [0.1, 0.15) is 11.5 Å². The van der Waals surface area contributed by atoms with Gasteiger partial charge in [0.2, 0.25) is 0 Å². The number of ether oxygens (including phenoxy) is 1. The Morgan fingerprint density at radius 3 is 2.55 bits per heavy atom. The van der Waals surface area contributed by atoms with Gasteiger partial charge in [-0.2, -0.15) is 0 Å². The second-order valence-corrected chi connectivity index (χ2v) is 8.36. The van der Waals surface area contributed by atoms with E-state index in [0.717, 1.165) is 56.1 Å². The van der Waals surface area contributed by atoms with E-state index < -0.39 is 11.3 Å². The lowest BCUT2D eigenvalue weighted by atomic mass is 10.1. The Bertz CT molecular complexity index is 795. The third-order valence-corrected chi connectivity index (χ3v) is 5.84. The topological polar surface area (TPSA) is 50.8 Å². The lowest BCUT2D eigenvalue weighted by Gasteiger charge is -2.14. The number of anilines is 1. The van der Waals surface area contributed by atoms with Gasteiger partial charge < -0.3 is 4.74 Å². The molecule has 5 nitrogen and oxygen atoms in total. The van der Waals surface area contributed by atoms with Crippen LogP contribution >= 0.6 is 0 Å². The van der Waals surface area contributed by atoms with Crippen molar-refractivity contribution in [1.82, 2.24) is 4.90 Å². The summed E-state index contributed by atoms with van der Waals surface area (Å²) in [5, 5.41) is 0. The minimum Gasteiger partial charge on any atom is -0.457 e. The number of rotatable bonds is 12. The molecule has 0 bridgehead atoms. The molecular weight excluding hydrogens is 384 g/mol. The van der Waals surface area contributed by atoms with Gasteiger partial charge in [-0.25, -0.2) is 4.21 Å². The van der Waals surface area contributed by atoms with Gasteiger partial charge in [0.15, 0.2) is 0 Å². The van der Waals surface area contributed by atoms with E-state index in [9.17, 15) is 4.21 Å². The number of hydrogen-bond donors (Lipinski definition) is 1. The standard InChI is InChI=1S/C23H32N2O3S/c1-3-5-7-16-27-29(26)24-20-11-13-21(14-12-20)28-23-10-8-9-19-17-25(15-6-4-2)18-22(19)23/h8-14,24H,3-7,15-18H2,1-2H3. The molecule has 3 rings (SSSR count). The van der Waals surface area contributed by atoms with Crippen molar-refractivity contribution in [2.75, 3.05) is 17.9 Å². The highest BCUT2D eigenvalue weighted by Gasteiger charge is 2.22. The fourth-order valence-electron chi connectivity index (χ4n) is 3.42. The first kappa shape index (κ1) is 21.8. The highest BCUT2D eigenvalue weighted by atomic mass is 32.2. The zero-order valence-corrected chi connectivity index (χ0v) is 18.3. The quantitative estimate of drug-likeness (QED) is 0.445. The molecule has 1 aliphatic heterocycles. The number of hydrogen-bond acceptors (Lipinski definition) is 4. The highest BCUT2D eigenvalue weighted by Crippen LogP contribution is 2.34. The summed E-state index contributed by atoms with van der Waals surface area (Å²) in [6.07, 6.45) is 5.57. The third-order valence-electron chi connectivity index (χ3n) is 5.06. The van der Waals surface area contributed by atoms with Crippen molar-refractivity contribution in [2.24, 2.45) is 0 Å². The van der Waals surface area contributed by atoms with E-state index in [1.165, 1.54) is 24.0 Å². The number of benzene rings is 2. The fraction of sp³-hybridized carbons (Fsp3) is 0.478. The van der Waals surface area contributed by atoms with Gasteiger partial charge in [-0.3, -0.25) is 13.8 Å². The average molecular weight is 417 g/mol. The van der Waals surface area contributed by atoms with Gasteiger partial charge in [0.05, 0.1) is 6.61 Å². The summed E-state index contributed by atoms with van der Waals surface area (Å²) in [5.74, 6) is 1.69. The highest BCUT2D eigenvalue weighted by molar-refractivity contribution is 7.81. The maximum atomic E-state index is 11.9. The molecule has 2 aromatic carbocycles. The second kappa shape index (κ2) is 11.3. The summed E-state index contributed by atoms with van der Waals surface area (Å²) in [5.41, 5.74) is 3.38. The molecule has 1 heterocycles. The van der Waals surface area contributed by atoms with E-state index in [1.807, 2.05) is 30.3 Å². The zero-order chi connectivity index (χ0) is 20.5. The summed E-state index contributed by atoms with van der Waals surface area (Å²) in [6, 6.07) is 13.8. The molecule has 0 fully saturated rings. The molecule has 0 saturated carbocycles. The number of nitrogens with zero attached hydrogens (tertiary/aromatic N) is 1. The Labute approximate surface area is 177 Å². The second-order valence-electron chi connectivity index (χ2n) is 7.45. The van der Waals surface area contributed by atoms with Crippen LogP contribution in [0.15, 0.2) is 42.5 Å². The monoisotopic (exact) mass is 416 g/mol. The minimum absolute atomic E-state index is 0.503. The van der Waals surface area contributed by atoms with Crippen LogP contribution in [0.3, 0.4) is 0 Å². The molecule has 0 radical (unpaired) electrons. The first-order valence-corrected chi connectivity index (χ1v) is 11.7. The van der Waals surface area contributed by atoms with Gasteiger partial charge in [0.25, 0.3) is 11.3 Å². The van der Waals surface area contributed by atoms with Crippen LogP contribution in [0.5, 0.6) is 11.5 Å². The summed E-state index contributed by atoms with van der Waals surface area (Å²) in [7, 11) is 0. The molecule has 1 aliphatic rings. The van der Waals surface area contributed by atoms with Gasteiger partial charge >= 0.3 is 0 Å². The largest absolute Gasteiger partial charge is 0.457 e. The molecule has 2 aromatic rings. The van der Waals surface area contributed by atoms with Crippen molar-refractivity contribution in [1.29, 1.82) is 0 Å². The molecule has 0 saturated heterocycles. The van der Waals surface area contributed by atoms with Crippen LogP contribution in [0.2, 0.25) is 0 Å². The summed E-state index contributed by atoms with van der Waals surface area (Å²) in [4.78, 5) is 2.48. The van der Waals surface area contributed by atoms with Crippen LogP contribution in [0.4, 0.5) is 5.69 Å². The average Bonchev–Trinajstić information content (AvgIpc) is 3.15. The lowest BCUT2D eigenvalue weighted by molar-refractivity contribution is 0.278. The molecule has 0 aliphatic carbocycles. The van der Waals surface area contributed by atoms with Crippen LogP contribution < -0.4 is 9.46 Å². The van der Waals surface area contributed by atoms with Crippen LogP contribution in [-0.2, 0) is 28.5 Å². The SMILES string of the molecule is CCCCCOS(=O)Nc1ccc(Oc2cccc3c2CN(CCCC)C3)cc1.